The second-order valence-corrected chi connectivity index (χ2v) is 8.58. The number of anilines is 1. The van der Waals surface area contributed by atoms with Crippen LogP contribution in [0.4, 0.5) is 10.3 Å². The maximum atomic E-state index is 13.4. The SMILES string of the molecule is Cn1c(=O)c2c(nc(NCCNC(=O)C3CCCCC3)n2Cc2ccc(F)cc2)n(C)c1=O. The average molecular weight is 457 g/mol. The van der Waals surface area contributed by atoms with Crippen LogP contribution >= 0.6 is 0 Å². The average Bonchev–Trinajstić information content (AvgIpc) is 3.19. The number of benzene rings is 1. The van der Waals surface area contributed by atoms with E-state index < -0.39 is 11.2 Å². The maximum Gasteiger partial charge on any atom is 0.332 e. The molecular formula is C23H29FN6O3. The molecule has 0 atom stereocenters. The van der Waals surface area contributed by atoms with Crippen LogP contribution < -0.4 is 21.9 Å². The van der Waals surface area contributed by atoms with Crippen LogP contribution in [0.3, 0.4) is 0 Å². The number of fused-ring (bicyclic) bond motifs is 1. The number of nitrogens with zero attached hydrogens (tertiary/aromatic N) is 4. The van der Waals surface area contributed by atoms with Crippen LogP contribution in [-0.4, -0.2) is 37.7 Å². The largest absolute Gasteiger partial charge is 0.354 e. The smallest absolute Gasteiger partial charge is 0.332 e. The Kier molecular flexibility index (Phi) is 6.62. The van der Waals surface area contributed by atoms with Crippen molar-refractivity contribution >= 4 is 23.0 Å². The molecule has 0 bridgehead atoms. The highest BCUT2D eigenvalue weighted by Gasteiger charge is 2.21. The van der Waals surface area contributed by atoms with Crippen molar-refractivity contribution in [3.05, 3.63) is 56.5 Å². The molecule has 1 aromatic carbocycles. The second-order valence-electron chi connectivity index (χ2n) is 8.58. The fourth-order valence-electron chi connectivity index (χ4n) is 4.38. The Morgan fingerprint density at radius 3 is 2.45 bits per heavy atom. The second kappa shape index (κ2) is 9.60. The van der Waals surface area contributed by atoms with E-state index in [0.29, 0.717) is 19.0 Å². The van der Waals surface area contributed by atoms with Crippen molar-refractivity contribution in [2.45, 2.75) is 38.6 Å². The van der Waals surface area contributed by atoms with Crippen LogP contribution in [0.5, 0.6) is 0 Å². The molecule has 0 spiro atoms. The van der Waals surface area contributed by atoms with Gasteiger partial charge in [-0.1, -0.05) is 31.4 Å². The highest BCUT2D eigenvalue weighted by atomic mass is 19.1. The molecule has 3 aromatic rings. The lowest BCUT2D eigenvalue weighted by Crippen LogP contribution is -2.37. The zero-order valence-electron chi connectivity index (χ0n) is 18.9. The first-order valence-corrected chi connectivity index (χ1v) is 11.3. The quantitative estimate of drug-likeness (QED) is 0.527. The predicted molar refractivity (Wildman–Crippen MR) is 124 cm³/mol. The first kappa shape index (κ1) is 22.8. The van der Waals surface area contributed by atoms with E-state index in [0.717, 1.165) is 35.8 Å². The van der Waals surface area contributed by atoms with Gasteiger partial charge >= 0.3 is 5.69 Å². The van der Waals surface area contributed by atoms with Crippen molar-refractivity contribution in [2.75, 3.05) is 18.4 Å². The summed E-state index contributed by atoms with van der Waals surface area (Å²) in [5.41, 5.74) is 0.392. The van der Waals surface area contributed by atoms with Crippen LogP contribution in [0.15, 0.2) is 33.9 Å². The Morgan fingerprint density at radius 1 is 1.06 bits per heavy atom. The molecule has 2 aromatic heterocycles. The molecule has 0 saturated heterocycles. The summed E-state index contributed by atoms with van der Waals surface area (Å²) in [7, 11) is 2.99. The number of aryl methyl sites for hydroxylation is 1. The third-order valence-corrected chi connectivity index (χ3v) is 6.29. The lowest BCUT2D eigenvalue weighted by molar-refractivity contribution is -0.125. The minimum Gasteiger partial charge on any atom is -0.354 e. The predicted octanol–water partition coefficient (Wildman–Crippen LogP) is 1.73. The van der Waals surface area contributed by atoms with Crippen molar-refractivity contribution in [1.29, 1.82) is 0 Å². The van der Waals surface area contributed by atoms with Crippen LogP contribution in [0.25, 0.3) is 11.2 Å². The molecule has 2 heterocycles. The van der Waals surface area contributed by atoms with Gasteiger partial charge in [0.2, 0.25) is 11.9 Å². The minimum absolute atomic E-state index is 0.0765. The molecule has 4 rings (SSSR count). The van der Waals surface area contributed by atoms with Gasteiger partial charge in [-0.05, 0) is 30.5 Å². The van der Waals surface area contributed by atoms with Crippen molar-refractivity contribution in [1.82, 2.24) is 24.0 Å². The van der Waals surface area contributed by atoms with Crippen molar-refractivity contribution < 1.29 is 9.18 Å². The number of nitrogens with one attached hydrogen (secondary N) is 2. The van der Waals surface area contributed by atoms with Crippen molar-refractivity contribution in [3.63, 3.8) is 0 Å². The van der Waals surface area contributed by atoms with E-state index in [1.165, 1.54) is 30.2 Å². The zero-order valence-corrected chi connectivity index (χ0v) is 18.9. The third kappa shape index (κ3) is 4.69. The summed E-state index contributed by atoms with van der Waals surface area (Å²) in [6.07, 6.45) is 5.25. The third-order valence-electron chi connectivity index (χ3n) is 6.29. The van der Waals surface area contributed by atoms with Gasteiger partial charge in [-0.15, -0.1) is 0 Å². The van der Waals surface area contributed by atoms with E-state index >= 15 is 0 Å². The van der Waals surface area contributed by atoms with Gasteiger partial charge in [0.1, 0.15) is 5.82 Å². The number of hydrogen-bond donors (Lipinski definition) is 2. The number of halogens is 1. The fraction of sp³-hybridized carbons (Fsp3) is 0.478. The summed E-state index contributed by atoms with van der Waals surface area (Å²) in [4.78, 5) is 42.2. The highest BCUT2D eigenvalue weighted by molar-refractivity contribution is 5.78. The molecule has 1 amide bonds. The zero-order chi connectivity index (χ0) is 23.5. The first-order chi connectivity index (χ1) is 15.9. The van der Waals surface area contributed by atoms with Gasteiger partial charge in [-0.2, -0.15) is 4.98 Å². The van der Waals surface area contributed by atoms with E-state index in [4.69, 9.17) is 0 Å². The monoisotopic (exact) mass is 456 g/mol. The number of aromatic nitrogens is 4. The van der Waals surface area contributed by atoms with Gasteiger partial charge in [0.25, 0.3) is 5.56 Å². The summed E-state index contributed by atoms with van der Waals surface area (Å²) in [5.74, 6) is 0.214. The summed E-state index contributed by atoms with van der Waals surface area (Å²) >= 11 is 0. The van der Waals surface area contributed by atoms with Crippen molar-refractivity contribution in [3.8, 4) is 0 Å². The van der Waals surface area contributed by atoms with Gasteiger partial charge in [0.15, 0.2) is 11.2 Å². The van der Waals surface area contributed by atoms with Crippen LogP contribution in [0.2, 0.25) is 0 Å². The highest BCUT2D eigenvalue weighted by Crippen LogP contribution is 2.23. The minimum atomic E-state index is -0.467. The molecule has 1 aliphatic rings. The molecule has 0 radical (unpaired) electrons. The Hall–Kier alpha value is -3.43. The molecule has 2 N–H and O–H groups in total. The summed E-state index contributed by atoms with van der Waals surface area (Å²) in [6.45, 7) is 1.08. The van der Waals surface area contributed by atoms with Gasteiger partial charge in [0, 0.05) is 33.1 Å². The summed E-state index contributed by atoms with van der Waals surface area (Å²) < 4.78 is 17.4. The van der Waals surface area contributed by atoms with E-state index in [1.807, 2.05) is 0 Å². The Morgan fingerprint density at radius 2 is 1.76 bits per heavy atom. The molecule has 9 nitrogen and oxygen atoms in total. The standard InChI is InChI=1S/C23H29FN6O3/c1-28-19-18(21(32)29(2)23(28)33)30(14-15-8-10-17(24)11-9-15)22(27-19)26-13-12-25-20(31)16-6-4-3-5-7-16/h8-11,16H,3-7,12-14H2,1-2H3,(H,25,31)(H,26,27). The number of rotatable bonds is 7. The molecule has 33 heavy (non-hydrogen) atoms. The van der Waals surface area contributed by atoms with Crippen LogP contribution in [0.1, 0.15) is 37.7 Å². The molecule has 0 aliphatic heterocycles. The van der Waals surface area contributed by atoms with E-state index in [1.54, 1.807) is 23.7 Å². The molecule has 1 aliphatic carbocycles. The normalized spacial score (nSPS) is 14.5. The number of imidazole rings is 1. The van der Waals surface area contributed by atoms with Crippen molar-refractivity contribution in [2.24, 2.45) is 20.0 Å². The summed E-state index contributed by atoms with van der Waals surface area (Å²) in [6, 6.07) is 6.00. The Bertz CT molecular complexity index is 1270. The Balaban J connectivity index is 1.58. The molecule has 176 valence electrons. The van der Waals surface area contributed by atoms with Gasteiger partial charge in [-0.3, -0.25) is 23.3 Å². The van der Waals surface area contributed by atoms with Gasteiger partial charge in [0.05, 0.1) is 6.54 Å². The molecule has 0 unspecified atom stereocenters. The number of carbonyl (C=O) groups excluding carboxylic acids is 1. The lowest BCUT2D eigenvalue weighted by Gasteiger charge is -2.20. The number of hydrogen-bond acceptors (Lipinski definition) is 5. The summed E-state index contributed by atoms with van der Waals surface area (Å²) in [5, 5.41) is 6.16. The van der Waals surface area contributed by atoms with Gasteiger partial charge < -0.3 is 10.6 Å². The molecule has 1 saturated carbocycles. The van der Waals surface area contributed by atoms with E-state index in [9.17, 15) is 18.8 Å². The Labute approximate surface area is 190 Å². The molecule has 10 heteroatoms. The van der Waals surface area contributed by atoms with Crippen LogP contribution in [0, 0.1) is 11.7 Å². The number of carbonyl (C=O) groups is 1. The topological polar surface area (TPSA) is 103 Å². The van der Waals surface area contributed by atoms with E-state index in [2.05, 4.69) is 15.6 Å². The molecule has 1 fully saturated rings. The number of amides is 1. The van der Waals surface area contributed by atoms with Crippen LogP contribution in [-0.2, 0) is 25.4 Å². The van der Waals surface area contributed by atoms with Gasteiger partial charge in [-0.25, -0.2) is 9.18 Å². The fourth-order valence-corrected chi connectivity index (χ4v) is 4.38. The van der Waals surface area contributed by atoms with E-state index in [-0.39, 0.29) is 35.4 Å². The maximum absolute atomic E-state index is 13.4. The first-order valence-electron chi connectivity index (χ1n) is 11.3. The lowest BCUT2D eigenvalue weighted by atomic mass is 9.89. The molecular weight excluding hydrogens is 427 g/mol.